The van der Waals surface area contributed by atoms with Crippen LogP contribution in [0.5, 0.6) is 0 Å². The van der Waals surface area contributed by atoms with Gasteiger partial charge in [-0.25, -0.2) is 8.42 Å². The molecule has 0 bridgehead atoms. The molecule has 0 aromatic heterocycles. The van der Waals surface area contributed by atoms with Gasteiger partial charge in [0.25, 0.3) is 0 Å². The second-order valence-corrected chi connectivity index (χ2v) is 6.89. The summed E-state index contributed by atoms with van der Waals surface area (Å²) >= 11 is 0. The van der Waals surface area contributed by atoms with Crippen LogP contribution in [0.25, 0.3) is 0 Å². The third-order valence-electron chi connectivity index (χ3n) is 3.40. The molecular formula is C13H20N2O2S. The molecule has 1 heterocycles. The maximum Gasteiger partial charge on any atom is 0.211 e. The van der Waals surface area contributed by atoms with Crippen LogP contribution in [0.15, 0.2) is 18.2 Å². The predicted octanol–water partition coefficient (Wildman–Crippen LogP) is 1.21. The number of hydrogen-bond donors (Lipinski definition) is 1. The van der Waals surface area contributed by atoms with E-state index in [2.05, 4.69) is 11.4 Å². The van der Waals surface area contributed by atoms with Gasteiger partial charge in [-0.2, -0.15) is 4.31 Å². The minimum atomic E-state index is -3.16. The van der Waals surface area contributed by atoms with Crippen molar-refractivity contribution in [3.05, 3.63) is 34.9 Å². The van der Waals surface area contributed by atoms with Gasteiger partial charge in [0, 0.05) is 19.6 Å². The van der Waals surface area contributed by atoms with Gasteiger partial charge in [-0.05, 0) is 25.0 Å². The zero-order valence-corrected chi connectivity index (χ0v) is 11.9. The first-order valence-corrected chi connectivity index (χ1v) is 7.99. The lowest BCUT2D eigenvalue weighted by Gasteiger charge is -2.35. The highest BCUT2D eigenvalue weighted by molar-refractivity contribution is 7.88. The van der Waals surface area contributed by atoms with Gasteiger partial charge in [0.2, 0.25) is 10.0 Å². The van der Waals surface area contributed by atoms with Crippen molar-refractivity contribution in [3.63, 3.8) is 0 Å². The summed E-state index contributed by atoms with van der Waals surface area (Å²) in [7, 11) is -3.16. The summed E-state index contributed by atoms with van der Waals surface area (Å²) in [5.74, 6) is 0. The number of nitrogens with one attached hydrogen (secondary N) is 1. The number of benzene rings is 1. The molecule has 1 aliphatic rings. The summed E-state index contributed by atoms with van der Waals surface area (Å²) < 4.78 is 25.3. The largest absolute Gasteiger partial charge is 0.313 e. The van der Waals surface area contributed by atoms with Crippen LogP contribution < -0.4 is 5.32 Å². The van der Waals surface area contributed by atoms with Crippen LogP contribution in [0.2, 0.25) is 0 Å². The van der Waals surface area contributed by atoms with E-state index in [9.17, 15) is 8.42 Å². The summed E-state index contributed by atoms with van der Waals surface area (Å²) in [5.41, 5.74) is 3.45. The molecular weight excluding hydrogens is 248 g/mol. The fourth-order valence-electron chi connectivity index (χ4n) is 2.55. The zero-order valence-electron chi connectivity index (χ0n) is 11.1. The maximum atomic E-state index is 11.8. The van der Waals surface area contributed by atoms with Gasteiger partial charge >= 0.3 is 0 Å². The summed E-state index contributed by atoms with van der Waals surface area (Å²) in [6, 6.07) is 6.09. The number of hydrogen-bond acceptors (Lipinski definition) is 3. The minimum absolute atomic E-state index is 0.0886. The average Bonchev–Trinajstić information content (AvgIpc) is 2.28. The van der Waals surface area contributed by atoms with Crippen molar-refractivity contribution in [3.8, 4) is 0 Å². The maximum absolute atomic E-state index is 11.8. The van der Waals surface area contributed by atoms with Crippen molar-refractivity contribution in [1.82, 2.24) is 9.62 Å². The molecule has 1 atom stereocenters. The average molecular weight is 268 g/mol. The fraction of sp³-hybridized carbons (Fsp3) is 0.538. The van der Waals surface area contributed by atoms with Gasteiger partial charge in [0.1, 0.15) is 0 Å². The van der Waals surface area contributed by atoms with E-state index in [1.54, 1.807) is 4.31 Å². The molecule has 5 heteroatoms. The minimum Gasteiger partial charge on any atom is -0.313 e. The van der Waals surface area contributed by atoms with Crippen LogP contribution in [0.4, 0.5) is 0 Å². The molecule has 1 aromatic carbocycles. The van der Waals surface area contributed by atoms with Crippen LogP contribution in [0.1, 0.15) is 22.7 Å². The third-order valence-corrected chi connectivity index (χ3v) is 4.69. The normalized spacial score (nSPS) is 22.1. The Labute approximate surface area is 109 Å². The quantitative estimate of drug-likeness (QED) is 0.877. The summed E-state index contributed by atoms with van der Waals surface area (Å²) in [6.07, 6.45) is 1.29. The SMILES string of the molecule is Cc1ccc(C2CNCCN2S(C)(=O)=O)c(C)c1. The van der Waals surface area contributed by atoms with Crippen molar-refractivity contribution in [2.24, 2.45) is 0 Å². The van der Waals surface area contributed by atoms with E-state index in [1.807, 2.05) is 26.0 Å². The molecule has 1 N–H and O–H groups in total. The van der Waals surface area contributed by atoms with E-state index in [0.717, 1.165) is 11.1 Å². The van der Waals surface area contributed by atoms with Crippen LogP contribution in [0.3, 0.4) is 0 Å². The summed E-state index contributed by atoms with van der Waals surface area (Å²) in [4.78, 5) is 0. The molecule has 4 nitrogen and oxygen atoms in total. The van der Waals surface area contributed by atoms with Crippen LogP contribution in [0, 0.1) is 13.8 Å². The molecule has 0 spiro atoms. The van der Waals surface area contributed by atoms with Crippen molar-refractivity contribution >= 4 is 10.0 Å². The van der Waals surface area contributed by atoms with Gasteiger partial charge in [-0.3, -0.25) is 0 Å². The van der Waals surface area contributed by atoms with Crippen molar-refractivity contribution in [2.75, 3.05) is 25.9 Å². The number of aryl methyl sites for hydroxylation is 2. The number of piperazine rings is 1. The molecule has 1 aliphatic heterocycles. The Hall–Kier alpha value is -0.910. The monoisotopic (exact) mass is 268 g/mol. The van der Waals surface area contributed by atoms with Gasteiger partial charge in [0.15, 0.2) is 0 Å². The van der Waals surface area contributed by atoms with Crippen LogP contribution in [-0.2, 0) is 10.0 Å². The van der Waals surface area contributed by atoms with Crippen molar-refractivity contribution < 1.29 is 8.42 Å². The fourth-order valence-corrected chi connectivity index (χ4v) is 3.62. The van der Waals surface area contributed by atoms with Gasteiger partial charge in [-0.15, -0.1) is 0 Å². The molecule has 0 amide bonds. The lowest BCUT2D eigenvalue weighted by molar-refractivity contribution is 0.272. The molecule has 1 fully saturated rings. The molecule has 2 rings (SSSR count). The van der Waals surface area contributed by atoms with Crippen LogP contribution in [-0.4, -0.2) is 38.6 Å². The smallest absolute Gasteiger partial charge is 0.211 e. The lowest BCUT2D eigenvalue weighted by atomic mass is 9.98. The molecule has 1 aromatic rings. The lowest BCUT2D eigenvalue weighted by Crippen LogP contribution is -2.48. The predicted molar refractivity (Wildman–Crippen MR) is 73.1 cm³/mol. The molecule has 0 radical (unpaired) electrons. The molecule has 0 aliphatic carbocycles. The first-order chi connectivity index (χ1) is 8.39. The summed E-state index contributed by atoms with van der Waals surface area (Å²) in [6.45, 7) is 6.02. The molecule has 100 valence electrons. The Morgan fingerprint density at radius 1 is 1.33 bits per heavy atom. The van der Waals surface area contributed by atoms with Gasteiger partial charge in [-0.1, -0.05) is 23.8 Å². The van der Waals surface area contributed by atoms with E-state index in [1.165, 1.54) is 11.8 Å². The van der Waals surface area contributed by atoms with E-state index < -0.39 is 10.0 Å². The Balaban J connectivity index is 2.40. The molecule has 1 unspecified atom stereocenters. The number of nitrogens with zero attached hydrogens (tertiary/aromatic N) is 1. The zero-order chi connectivity index (χ0) is 13.3. The first kappa shape index (κ1) is 13.5. The highest BCUT2D eigenvalue weighted by atomic mass is 32.2. The Morgan fingerprint density at radius 3 is 2.67 bits per heavy atom. The molecule has 1 saturated heterocycles. The Bertz CT molecular complexity index is 540. The first-order valence-electron chi connectivity index (χ1n) is 6.14. The highest BCUT2D eigenvalue weighted by Crippen LogP contribution is 2.27. The standard InChI is InChI=1S/C13H20N2O2S/c1-10-4-5-12(11(2)8-10)13-9-14-6-7-15(13)18(3,16)17/h4-5,8,13-14H,6-7,9H2,1-3H3. The molecule has 0 saturated carbocycles. The summed E-state index contributed by atoms with van der Waals surface area (Å²) in [5, 5.41) is 3.27. The van der Waals surface area contributed by atoms with Crippen LogP contribution >= 0.6 is 0 Å². The highest BCUT2D eigenvalue weighted by Gasteiger charge is 2.31. The number of rotatable bonds is 2. The van der Waals surface area contributed by atoms with E-state index in [4.69, 9.17) is 0 Å². The topological polar surface area (TPSA) is 49.4 Å². The Morgan fingerprint density at radius 2 is 2.06 bits per heavy atom. The molecule has 18 heavy (non-hydrogen) atoms. The van der Waals surface area contributed by atoms with E-state index >= 15 is 0 Å². The van der Waals surface area contributed by atoms with Gasteiger partial charge < -0.3 is 5.32 Å². The third kappa shape index (κ3) is 2.74. The Kier molecular flexibility index (Phi) is 3.75. The van der Waals surface area contributed by atoms with E-state index in [-0.39, 0.29) is 6.04 Å². The second kappa shape index (κ2) is 4.99. The van der Waals surface area contributed by atoms with Crippen molar-refractivity contribution in [2.45, 2.75) is 19.9 Å². The van der Waals surface area contributed by atoms with E-state index in [0.29, 0.717) is 19.6 Å². The van der Waals surface area contributed by atoms with Gasteiger partial charge in [0.05, 0.1) is 12.3 Å². The second-order valence-electron chi connectivity index (χ2n) is 4.95. The number of sulfonamides is 1. The van der Waals surface area contributed by atoms with Crippen molar-refractivity contribution in [1.29, 1.82) is 0 Å².